The van der Waals surface area contributed by atoms with Gasteiger partial charge in [-0.2, -0.15) is 13.2 Å². The zero-order valence-electron chi connectivity index (χ0n) is 27.2. The van der Waals surface area contributed by atoms with Crippen molar-refractivity contribution in [3.8, 4) is 11.3 Å². The van der Waals surface area contributed by atoms with Crippen LogP contribution < -0.4 is 5.32 Å². The SMILES string of the molecule is CCN(CC)C1CCN(Cc2c(-c3cccc(CF)c3)nc3ccc(S(C)(=O)=O)cc3c2C(=O)N[C@H](c2ccccc2)C(F)(F)F)CC1. The van der Waals surface area contributed by atoms with Crippen LogP contribution in [0, 0.1) is 0 Å². The van der Waals surface area contributed by atoms with Gasteiger partial charge in [-0.25, -0.2) is 17.8 Å². The number of aromatic nitrogens is 1. The first-order valence-electron chi connectivity index (χ1n) is 16.0. The summed E-state index contributed by atoms with van der Waals surface area (Å²) in [5.41, 5.74) is 1.52. The maximum Gasteiger partial charge on any atom is 0.412 e. The van der Waals surface area contributed by atoms with E-state index in [0.29, 0.717) is 41.5 Å². The number of carbonyl (C=O) groups is 1. The van der Waals surface area contributed by atoms with Gasteiger partial charge in [-0.15, -0.1) is 0 Å². The van der Waals surface area contributed by atoms with Crippen molar-refractivity contribution in [3.05, 3.63) is 95.1 Å². The number of likely N-dealkylation sites (tertiary alicyclic amines) is 1. The molecule has 1 aromatic heterocycles. The van der Waals surface area contributed by atoms with Gasteiger partial charge in [-0.05, 0) is 74.4 Å². The number of hydrogen-bond donors (Lipinski definition) is 1. The number of amides is 1. The van der Waals surface area contributed by atoms with E-state index >= 15 is 0 Å². The van der Waals surface area contributed by atoms with E-state index in [1.54, 1.807) is 30.3 Å². The molecule has 4 aromatic rings. The first kappa shape index (κ1) is 35.4. The molecule has 1 amide bonds. The molecule has 7 nitrogen and oxygen atoms in total. The summed E-state index contributed by atoms with van der Waals surface area (Å²) < 4.78 is 82.7. The van der Waals surface area contributed by atoms with Gasteiger partial charge in [0.05, 0.1) is 21.7 Å². The van der Waals surface area contributed by atoms with Crippen LogP contribution in [0.25, 0.3) is 22.2 Å². The minimum absolute atomic E-state index is 0.0952. The van der Waals surface area contributed by atoms with E-state index in [1.807, 2.05) is 0 Å². The van der Waals surface area contributed by atoms with Crippen LogP contribution >= 0.6 is 0 Å². The first-order valence-corrected chi connectivity index (χ1v) is 17.9. The van der Waals surface area contributed by atoms with Crippen LogP contribution in [-0.2, 0) is 23.1 Å². The zero-order chi connectivity index (χ0) is 34.6. The van der Waals surface area contributed by atoms with Gasteiger partial charge in [0.2, 0.25) is 0 Å². The number of alkyl halides is 4. The predicted molar refractivity (Wildman–Crippen MR) is 179 cm³/mol. The molecule has 0 saturated carbocycles. The molecule has 1 saturated heterocycles. The van der Waals surface area contributed by atoms with E-state index in [9.17, 15) is 30.8 Å². The van der Waals surface area contributed by atoms with Gasteiger partial charge >= 0.3 is 6.18 Å². The largest absolute Gasteiger partial charge is 0.412 e. The van der Waals surface area contributed by atoms with Crippen molar-refractivity contribution in [2.45, 2.75) is 63.1 Å². The molecule has 2 heterocycles. The van der Waals surface area contributed by atoms with Gasteiger partial charge in [-0.3, -0.25) is 9.69 Å². The number of halogens is 4. The standard InChI is InChI=1S/C36H40F4N4O3S/c1-4-44(5-2)27-16-18-43(19-17-27)23-30-32(35(45)42-34(36(38,39)40)25-11-7-6-8-12-25)29-21-28(48(3,46)47)14-15-31(29)41-33(30)26-13-9-10-24(20-26)22-37/h6-15,20-21,27,34H,4-5,16-19,22-23H2,1-3H3,(H,42,45)/t34-/m1/s1. The maximum atomic E-state index is 14.5. The highest BCUT2D eigenvalue weighted by molar-refractivity contribution is 7.90. The monoisotopic (exact) mass is 684 g/mol. The Bertz CT molecular complexity index is 1860. The molecular weight excluding hydrogens is 644 g/mol. The number of hydrogen-bond acceptors (Lipinski definition) is 6. The molecule has 1 N–H and O–H groups in total. The van der Waals surface area contributed by atoms with Crippen LogP contribution in [-0.4, -0.2) is 73.8 Å². The van der Waals surface area contributed by atoms with Crippen molar-refractivity contribution in [2.75, 3.05) is 32.4 Å². The normalized spacial score (nSPS) is 15.6. The molecule has 3 aromatic carbocycles. The number of pyridine rings is 1. The highest BCUT2D eigenvalue weighted by atomic mass is 32.2. The van der Waals surface area contributed by atoms with Gasteiger partial charge < -0.3 is 10.2 Å². The summed E-state index contributed by atoms with van der Waals surface area (Å²) in [6.45, 7) is 6.83. The fourth-order valence-corrected chi connectivity index (χ4v) is 7.22. The van der Waals surface area contributed by atoms with Gasteiger partial charge in [0.25, 0.3) is 5.91 Å². The zero-order valence-corrected chi connectivity index (χ0v) is 28.0. The highest BCUT2D eigenvalue weighted by Gasteiger charge is 2.42. The van der Waals surface area contributed by atoms with Crippen molar-refractivity contribution in [1.82, 2.24) is 20.1 Å². The third-order valence-corrected chi connectivity index (χ3v) is 10.2. The van der Waals surface area contributed by atoms with Crippen LogP contribution in [0.3, 0.4) is 0 Å². The van der Waals surface area contributed by atoms with E-state index in [-0.39, 0.29) is 33.5 Å². The average Bonchev–Trinajstić information content (AvgIpc) is 3.07. The van der Waals surface area contributed by atoms with Crippen molar-refractivity contribution >= 4 is 26.6 Å². The molecule has 0 unspecified atom stereocenters. The Balaban J connectivity index is 1.71. The van der Waals surface area contributed by atoms with Crippen molar-refractivity contribution in [2.24, 2.45) is 0 Å². The Morgan fingerprint density at radius 3 is 2.29 bits per heavy atom. The number of sulfone groups is 1. The quantitative estimate of drug-likeness (QED) is 0.170. The van der Waals surface area contributed by atoms with Crippen molar-refractivity contribution in [1.29, 1.82) is 0 Å². The summed E-state index contributed by atoms with van der Waals surface area (Å²) in [6.07, 6.45) is -2.09. The summed E-state index contributed by atoms with van der Waals surface area (Å²) in [6, 6.07) is 15.9. The van der Waals surface area contributed by atoms with Gasteiger partial charge in [0.15, 0.2) is 15.9 Å². The summed E-state index contributed by atoms with van der Waals surface area (Å²) in [7, 11) is -3.75. The molecule has 1 atom stereocenters. The topological polar surface area (TPSA) is 82.6 Å². The third kappa shape index (κ3) is 7.88. The lowest BCUT2D eigenvalue weighted by molar-refractivity contribution is -0.155. The molecule has 0 bridgehead atoms. The number of rotatable bonds is 11. The second-order valence-electron chi connectivity index (χ2n) is 12.2. The molecule has 5 rings (SSSR count). The van der Waals surface area contributed by atoms with Crippen molar-refractivity contribution in [3.63, 3.8) is 0 Å². The molecule has 1 aliphatic heterocycles. The average molecular weight is 685 g/mol. The third-order valence-electron chi connectivity index (χ3n) is 9.07. The maximum absolute atomic E-state index is 14.5. The smallest absolute Gasteiger partial charge is 0.337 e. The van der Waals surface area contributed by atoms with Crippen LogP contribution in [0.4, 0.5) is 17.6 Å². The molecule has 48 heavy (non-hydrogen) atoms. The van der Waals surface area contributed by atoms with Crippen LogP contribution in [0.15, 0.2) is 77.7 Å². The Labute approximate surface area is 278 Å². The fourth-order valence-electron chi connectivity index (χ4n) is 6.58. The molecule has 0 aliphatic carbocycles. The number of piperidine rings is 1. The molecule has 256 valence electrons. The molecule has 12 heteroatoms. The van der Waals surface area contributed by atoms with E-state index < -0.39 is 34.6 Å². The lowest BCUT2D eigenvalue weighted by Crippen LogP contribution is -2.44. The van der Waals surface area contributed by atoms with Gasteiger partial charge in [0, 0.05) is 35.4 Å². The fraction of sp³-hybridized carbons (Fsp3) is 0.389. The second-order valence-corrected chi connectivity index (χ2v) is 14.2. The summed E-state index contributed by atoms with van der Waals surface area (Å²) in [5, 5.41) is 2.34. The Morgan fingerprint density at radius 2 is 1.69 bits per heavy atom. The number of nitrogens with zero attached hydrogens (tertiary/aromatic N) is 3. The van der Waals surface area contributed by atoms with Crippen LogP contribution in [0.1, 0.15) is 59.8 Å². The number of benzene rings is 3. The summed E-state index contributed by atoms with van der Waals surface area (Å²) in [5.74, 6) is -1.02. The minimum atomic E-state index is -4.83. The van der Waals surface area contributed by atoms with E-state index in [4.69, 9.17) is 4.98 Å². The second kappa shape index (κ2) is 14.7. The summed E-state index contributed by atoms with van der Waals surface area (Å²) in [4.78, 5) is 23.7. The molecule has 1 fully saturated rings. The van der Waals surface area contributed by atoms with Crippen LogP contribution in [0.5, 0.6) is 0 Å². The first-order chi connectivity index (χ1) is 22.8. The highest BCUT2D eigenvalue weighted by Crippen LogP contribution is 2.37. The number of fused-ring (bicyclic) bond motifs is 1. The number of carbonyl (C=O) groups excluding carboxylic acids is 1. The summed E-state index contributed by atoms with van der Waals surface area (Å²) >= 11 is 0. The Morgan fingerprint density at radius 1 is 1.00 bits per heavy atom. The van der Waals surface area contributed by atoms with Crippen molar-refractivity contribution < 1.29 is 30.8 Å². The predicted octanol–water partition coefficient (Wildman–Crippen LogP) is 7.11. The molecular formula is C36H40F4N4O3S. The van der Waals surface area contributed by atoms with E-state index in [2.05, 4.69) is 29.0 Å². The van der Waals surface area contributed by atoms with Gasteiger partial charge in [0.1, 0.15) is 6.67 Å². The molecule has 1 aliphatic rings. The lowest BCUT2D eigenvalue weighted by atomic mass is 9.93. The number of nitrogens with one attached hydrogen (secondary N) is 1. The molecule has 0 spiro atoms. The molecule has 0 radical (unpaired) electrons. The Kier molecular flexibility index (Phi) is 10.9. The van der Waals surface area contributed by atoms with Gasteiger partial charge in [-0.1, -0.05) is 62.4 Å². The van der Waals surface area contributed by atoms with E-state index in [1.165, 1.54) is 42.5 Å². The lowest BCUT2D eigenvalue weighted by Gasteiger charge is -2.38. The van der Waals surface area contributed by atoms with E-state index in [0.717, 1.165) is 32.2 Å². The van der Waals surface area contributed by atoms with Crippen LogP contribution in [0.2, 0.25) is 0 Å². The minimum Gasteiger partial charge on any atom is -0.337 e. The Hall–Kier alpha value is -3.87.